The van der Waals surface area contributed by atoms with Crippen LogP contribution >= 0.6 is 11.6 Å². The molecule has 1 aromatic heterocycles. The smallest absolute Gasteiger partial charge is 0.150 e. The number of aromatic nitrogens is 1. The average Bonchev–Trinajstić information content (AvgIpc) is 2.46. The second-order valence-corrected chi connectivity index (χ2v) is 4.69. The fraction of sp³-hybridized carbons (Fsp3) is 0. The SMILES string of the molecule is O=Cc1ccc(Cl)cc1-c1cncc2ccccc12. The Morgan fingerprint density at radius 2 is 1.84 bits per heavy atom. The molecule has 0 saturated heterocycles. The van der Waals surface area contributed by atoms with Gasteiger partial charge < -0.3 is 0 Å². The van der Waals surface area contributed by atoms with Crippen LogP contribution in [-0.4, -0.2) is 11.3 Å². The summed E-state index contributed by atoms with van der Waals surface area (Å²) in [5.74, 6) is 0. The lowest BCUT2D eigenvalue weighted by Crippen LogP contribution is -1.90. The molecule has 3 aromatic rings. The van der Waals surface area contributed by atoms with Gasteiger partial charge in [-0.1, -0.05) is 35.9 Å². The lowest BCUT2D eigenvalue weighted by atomic mass is 9.97. The number of hydrogen-bond donors (Lipinski definition) is 0. The number of hydrogen-bond acceptors (Lipinski definition) is 2. The van der Waals surface area contributed by atoms with E-state index in [1.54, 1.807) is 24.4 Å². The second kappa shape index (κ2) is 4.82. The standard InChI is InChI=1S/C16H10ClNO/c17-13-6-5-12(10-19)15(7-13)16-9-18-8-11-3-1-2-4-14(11)16/h1-10H. The van der Waals surface area contributed by atoms with E-state index >= 15 is 0 Å². The van der Waals surface area contributed by atoms with Crippen LogP contribution in [0.15, 0.2) is 54.9 Å². The zero-order valence-electron chi connectivity index (χ0n) is 10.0. The van der Waals surface area contributed by atoms with Crippen LogP contribution in [0.1, 0.15) is 10.4 Å². The molecule has 0 radical (unpaired) electrons. The van der Waals surface area contributed by atoms with Gasteiger partial charge in [0.15, 0.2) is 6.29 Å². The summed E-state index contributed by atoms with van der Waals surface area (Å²) >= 11 is 6.04. The highest BCUT2D eigenvalue weighted by atomic mass is 35.5. The van der Waals surface area contributed by atoms with Crippen LogP contribution in [0.3, 0.4) is 0 Å². The monoisotopic (exact) mass is 267 g/mol. The van der Waals surface area contributed by atoms with Crippen molar-refractivity contribution in [1.82, 2.24) is 4.98 Å². The summed E-state index contributed by atoms with van der Waals surface area (Å²) in [6, 6.07) is 13.2. The minimum absolute atomic E-state index is 0.605. The Bertz CT molecular complexity index is 762. The second-order valence-electron chi connectivity index (χ2n) is 4.26. The van der Waals surface area contributed by atoms with Crippen molar-refractivity contribution < 1.29 is 4.79 Å². The van der Waals surface area contributed by atoms with Gasteiger partial charge in [0, 0.05) is 33.9 Å². The van der Waals surface area contributed by atoms with Gasteiger partial charge >= 0.3 is 0 Å². The Morgan fingerprint density at radius 1 is 1.00 bits per heavy atom. The van der Waals surface area contributed by atoms with Crippen LogP contribution in [-0.2, 0) is 0 Å². The third-order valence-electron chi connectivity index (χ3n) is 3.10. The number of aldehydes is 1. The van der Waals surface area contributed by atoms with Crippen molar-refractivity contribution in [3.05, 3.63) is 65.4 Å². The first kappa shape index (κ1) is 11.9. The van der Waals surface area contributed by atoms with Gasteiger partial charge in [-0.3, -0.25) is 9.78 Å². The van der Waals surface area contributed by atoms with Crippen LogP contribution in [0.5, 0.6) is 0 Å². The van der Waals surface area contributed by atoms with Crippen molar-refractivity contribution in [2.75, 3.05) is 0 Å². The first-order chi connectivity index (χ1) is 9.29. The van der Waals surface area contributed by atoms with Crippen LogP contribution in [0.25, 0.3) is 21.9 Å². The molecule has 0 atom stereocenters. The minimum atomic E-state index is 0.605. The summed E-state index contributed by atoms with van der Waals surface area (Å²) in [5.41, 5.74) is 2.34. The molecule has 0 unspecified atom stereocenters. The molecule has 2 nitrogen and oxygen atoms in total. The Morgan fingerprint density at radius 3 is 2.68 bits per heavy atom. The number of halogens is 1. The van der Waals surface area contributed by atoms with E-state index in [4.69, 9.17) is 11.6 Å². The molecule has 92 valence electrons. The first-order valence-corrected chi connectivity index (χ1v) is 6.25. The van der Waals surface area contributed by atoms with E-state index in [2.05, 4.69) is 4.98 Å². The Balaban J connectivity index is 2.36. The Kier molecular flexibility index (Phi) is 3.02. The van der Waals surface area contributed by atoms with E-state index in [0.29, 0.717) is 10.6 Å². The highest BCUT2D eigenvalue weighted by molar-refractivity contribution is 6.31. The van der Waals surface area contributed by atoms with E-state index in [1.807, 2.05) is 30.5 Å². The number of carbonyl (C=O) groups is 1. The minimum Gasteiger partial charge on any atom is -0.298 e. The van der Waals surface area contributed by atoms with Crippen molar-refractivity contribution in [1.29, 1.82) is 0 Å². The molecule has 0 N–H and O–H groups in total. The number of pyridine rings is 1. The van der Waals surface area contributed by atoms with Crippen molar-refractivity contribution in [2.24, 2.45) is 0 Å². The van der Waals surface area contributed by atoms with Crippen LogP contribution in [0.4, 0.5) is 0 Å². The molecule has 2 aromatic carbocycles. The Labute approximate surface area is 115 Å². The summed E-state index contributed by atoms with van der Waals surface area (Å²) in [6.45, 7) is 0. The molecule has 0 aliphatic carbocycles. The number of nitrogens with zero attached hydrogens (tertiary/aromatic N) is 1. The van der Waals surface area contributed by atoms with Crippen molar-refractivity contribution in [3.8, 4) is 11.1 Å². The molecule has 3 rings (SSSR count). The average molecular weight is 268 g/mol. The van der Waals surface area contributed by atoms with Gasteiger partial charge in [0.05, 0.1) is 0 Å². The molecule has 0 aliphatic heterocycles. The molecular weight excluding hydrogens is 258 g/mol. The molecule has 0 aliphatic rings. The zero-order chi connectivity index (χ0) is 13.2. The van der Waals surface area contributed by atoms with Crippen molar-refractivity contribution in [3.63, 3.8) is 0 Å². The predicted octanol–water partition coefficient (Wildman–Crippen LogP) is 4.37. The van der Waals surface area contributed by atoms with Gasteiger partial charge in [0.1, 0.15) is 0 Å². The van der Waals surface area contributed by atoms with Crippen molar-refractivity contribution >= 4 is 28.7 Å². The summed E-state index contributed by atoms with van der Waals surface area (Å²) in [4.78, 5) is 15.4. The first-order valence-electron chi connectivity index (χ1n) is 5.87. The van der Waals surface area contributed by atoms with Crippen LogP contribution in [0, 0.1) is 0 Å². The van der Waals surface area contributed by atoms with E-state index in [0.717, 1.165) is 28.2 Å². The Hall–Kier alpha value is -2.19. The van der Waals surface area contributed by atoms with Gasteiger partial charge in [0.25, 0.3) is 0 Å². The maximum atomic E-state index is 11.2. The highest BCUT2D eigenvalue weighted by Crippen LogP contribution is 2.31. The molecule has 0 saturated carbocycles. The van der Waals surface area contributed by atoms with Gasteiger partial charge in [-0.25, -0.2) is 0 Å². The maximum absolute atomic E-state index is 11.2. The predicted molar refractivity (Wildman–Crippen MR) is 77.6 cm³/mol. The number of carbonyl (C=O) groups excluding carboxylic acids is 1. The van der Waals surface area contributed by atoms with Gasteiger partial charge in [-0.2, -0.15) is 0 Å². The fourth-order valence-corrected chi connectivity index (χ4v) is 2.37. The molecular formula is C16H10ClNO. The summed E-state index contributed by atoms with van der Waals surface area (Å²) in [6.07, 6.45) is 4.42. The van der Waals surface area contributed by atoms with E-state index in [1.165, 1.54) is 0 Å². The number of rotatable bonds is 2. The topological polar surface area (TPSA) is 30.0 Å². The van der Waals surface area contributed by atoms with Gasteiger partial charge in [-0.05, 0) is 29.1 Å². The summed E-state index contributed by atoms with van der Waals surface area (Å²) in [7, 11) is 0. The molecule has 0 bridgehead atoms. The quantitative estimate of drug-likeness (QED) is 0.646. The molecule has 0 amide bonds. The molecule has 19 heavy (non-hydrogen) atoms. The third kappa shape index (κ3) is 2.11. The number of fused-ring (bicyclic) bond motifs is 1. The van der Waals surface area contributed by atoms with Crippen molar-refractivity contribution in [2.45, 2.75) is 0 Å². The molecule has 0 spiro atoms. The summed E-state index contributed by atoms with van der Waals surface area (Å²) in [5, 5.41) is 2.70. The normalized spacial score (nSPS) is 10.6. The molecule has 3 heteroatoms. The lowest BCUT2D eigenvalue weighted by Gasteiger charge is -2.09. The third-order valence-corrected chi connectivity index (χ3v) is 3.34. The van der Waals surface area contributed by atoms with Crippen LogP contribution in [0.2, 0.25) is 5.02 Å². The van der Waals surface area contributed by atoms with E-state index in [-0.39, 0.29) is 0 Å². The van der Waals surface area contributed by atoms with Gasteiger partial charge in [0.2, 0.25) is 0 Å². The largest absolute Gasteiger partial charge is 0.298 e. The molecule has 0 fully saturated rings. The number of benzene rings is 2. The molecule has 1 heterocycles. The zero-order valence-corrected chi connectivity index (χ0v) is 10.8. The fourth-order valence-electron chi connectivity index (χ4n) is 2.20. The van der Waals surface area contributed by atoms with Crippen LogP contribution < -0.4 is 0 Å². The summed E-state index contributed by atoms with van der Waals surface area (Å²) < 4.78 is 0. The lowest BCUT2D eigenvalue weighted by molar-refractivity contribution is 0.112. The van der Waals surface area contributed by atoms with Gasteiger partial charge in [-0.15, -0.1) is 0 Å². The maximum Gasteiger partial charge on any atom is 0.150 e. The highest BCUT2D eigenvalue weighted by Gasteiger charge is 2.09. The van der Waals surface area contributed by atoms with E-state index in [9.17, 15) is 4.79 Å². The van der Waals surface area contributed by atoms with E-state index < -0.39 is 0 Å².